The van der Waals surface area contributed by atoms with Gasteiger partial charge in [-0.1, -0.05) is 0 Å². The van der Waals surface area contributed by atoms with Crippen molar-refractivity contribution in [2.24, 2.45) is 0 Å². The Morgan fingerprint density at radius 1 is 1.39 bits per heavy atom. The highest BCUT2D eigenvalue weighted by atomic mass is 32.1. The van der Waals surface area contributed by atoms with E-state index in [0.29, 0.717) is 6.54 Å². The molecular weight excluding hydrogens is 248 g/mol. The number of fused-ring (bicyclic) bond motifs is 1. The highest BCUT2D eigenvalue weighted by molar-refractivity contribution is 7.15. The van der Waals surface area contributed by atoms with Gasteiger partial charge in [-0.05, 0) is 6.92 Å². The van der Waals surface area contributed by atoms with Gasteiger partial charge in [-0.25, -0.2) is 4.98 Å². The third-order valence-corrected chi connectivity index (χ3v) is 3.54. The molecule has 0 bridgehead atoms. The smallest absolute Gasteiger partial charge is 0.193 e. The molecule has 0 saturated carbocycles. The Labute approximate surface area is 108 Å². The molecule has 18 heavy (non-hydrogen) atoms. The van der Waals surface area contributed by atoms with Crippen LogP contribution in [0.15, 0.2) is 24.1 Å². The van der Waals surface area contributed by atoms with Gasteiger partial charge in [-0.15, -0.1) is 21.5 Å². The van der Waals surface area contributed by atoms with E-state index in [1.807, 2.05) is 26.7 Å². The van der Waals surface area contributed by atoms with Crippen LogP contribution in [0.1, 0.15) is 18.4 Å². The Kier molecular flexibility index (Phi) is 3.07. The molecule has 0 aliphatic carbocycles. The zero-order valence-corrected chi connectivity index (χ0v) is 10.9. The van der Waals surface area contributed by atoms with Crippen molar-refractivity contribution >= 4 is 16.3 Å². The molecule has 7 heteroatoms. The molecule has 6 nitrogen and oxygen atoms in total. The topological polar surface area (TPSA) is 60.0 Å². The molecular formula is C11H14N6S. The number of nitrogens with zero attached hydrogens (tertiary/aromatic N) is 5. The zero-order chi connectivity index (χ0) is 12.4. The third kappa shape index (κ3) is 2.14. The van der Waals surface area contributed by atoms with Crippen molar-refractivity contribution in [1.29, 1.82) is 0 Å². The predicted octanol–water partition coefficient (Wildman–Crippen LogP) is 1.30. The molecule has 3 rings (SSSR count). The molecule has 0 aromatic carbocycles. The number of imidazole rings is 1. The van der Waals surface area contributed by atoms with Gasteiger partial charge in [0.15, 0.2) is 4.96 Å². The van der Waals surface area contributed by atoms with Crippen molar-refractivity contribution in [2.75, 3.05) is 0 Å². The van der Waals surface area contributed by atoms with Gasteiger partial charge in [0.2, 0.25) is 0 Å². The van der Waals surface area contributed by atoms with Crippen LogP contribution >= 0.6 is 11.3 Å². The zero-order valence-electron chi connectivity index (χ0n) is 10.1. The molecule has 94 valence electrons. The van der Waals surface area contributed by atoms with Crippen molar-refractivity contribution < 1.29 is 0 Å². The summed E-state index contributed by atoms with van der Waals surface area (Å²) in [5.74, 6) is 0.957. The largest absolute Gasteiger partial charge is 0.317 e. The Morgan fingerprint density at radius 3 is 3.17 bits per heavy atom. The normalized spacial score (nSPS) is 11.4. The van der Waals surface area contributed by atoms with Crippen molar-refractivity contribution in [3.63, 3.8) is 0 Å². The number of rotatable bonds is 5. The van der Waals surface area contributed by atoms with Gasteiger partial charge in [-0.2, -0.15) is 0 Å². The number of nitrogens with one attached hydrogen (secondary N) is 1. The Morgan fingerprint density at radius 2 is 2.33 bits per heavy atom. The molecule has 0 saturated heterocycles. The van der Waals surface area contributed by atoms with Gasteiger partial charge in [0.1, 0.15) is 12.2 Å². The maximum Gasteiger partial charge on any atom is 0.193 e. The van der Waals surface area contributed by atoms with Crippen LogP contribution in [0.2, 0.25) is 0 Å². The second kappa shape index (κ2) is 4.87. The lowest BCUT2D eigenvalue weighted by atomic mass is 10.4. The fourth-order valence-corrected chi connectivity index (χ4v) is 2.56. The molecule has 0 aliphatic heterocycles. The summed E-state index contributed by atoms with van der Waals surface area (Å²) in [5.41, 5.74) is 1.05. The molecule has 0 atom stereocenters. The van der Waals surface area contributed by atoms with Crippen molar-refractivity contribution in [2.45, 2.75) is 26.6 Å². The van der Waals surface area contributed by atoms with E-state index in [1.165, 1.54) is 0 Å². The minimum absolute atomic E-state index is 0.707. The number of hydrogen-bond acceptors (Lipinski definition) is 5. The summed E-state index contributed by atoms with van der Waals surface area (Å²) in [6, 6.07) is 0. The summed E-state index contributed by atoms with van der Waals surface area (Å²) in [6.45, 7) is 4.42. The maximum absolute atomic E-state index is 4.51. The van der Waals surface area contributed by atoms with E-state index in [9.17, 15) is 0 Å². The van der Waals surface area contributed by atoms with Gasteiger partial charge in [0.25, 0.3) is 0 Å². The summed E-state index contributed by atoms with van der Waals surface area (Å²) in [4.78, 5) is 5.54. The van der Waals surface area contributed by atoms with E-state index >= 15 is 0 Å². The highest BCUT2D eigenvalue weighted by Gasteiger charge is 2.04. The van der Waals surface area contributed by atoms with Crippen molar-refractivity contribution in [1.82, 2.24) is 29.5 Å². The first-order chi connectivity index (χ1) is 8.86. The molecule has 0 amide bonds. The fourth-order valence-electron chi connectivity index (χ4n) is 1.84. The van der Waals surface area contributed by atoms with Gasteiger partial charge in [0.05, 0.1) is 12.2 Å². The summed E-state index contributed by atoms with van der Waals surface area (Å²) >= 11 is 1.64. The number of aromatic nitrogens is 5. The molecule has 0 unspecified atom stereocenters. The van der Waals surface area contributed by atoms with Crippen LogP contribution in [0.25, 0.3) is 4.96 Å². The van der Waals surface area contributed by atoms with Crippen LogP contribution in [0.4, 0.5) is 0 Å². The van der Waals surface area contributed by atoms with Crippen LogP contribution in [-0.4, -0.2) is 24.1 Å². The molecule has 0 fully saturated rings. The molecule has 3 aromatic heterocycles. The maximum atomic E-state index is 4.51. The first-order valence-corrected chi connectivity index (χ1v) is 6.73. The first kappa shape index (κ1) is 11.4. The quantitative estimate of drug-likeness (QED) is 0.753. The number of aryl methyl sites for hydroxylation is 1. The number of thiazole rings is 1. The van der Waals surface area contributed by atoms with Gasteiger partial charge >= 0.3 is 0 Å². The van der Waals surface area contributed by atoms with E-state index in [1.54, 1.807) is 17.7 Å². The predicted molar refractivity (Wildman–Crippen MR) is 69.3 cm³/mol. The van der Waals surface area contributed by atoms with E-state index in [0.717, 1.165) is 29.6 Å². The Bertz CT molecular complexity index is 608. The third-order valence-electron chi connectivity index (χ3n) is 2.77. The molecule has 0 radical (unpaired) electrons. The second-order valence-electron chi connectivity index (χ2n) is 3.96. The number of hydrogen-bond donors (Lipinski definition) is 1. The van der Waals surface area contributed by atoms with Crippen LogP contribution in [-0.2, 0) is 19.6 Å². The average molecular weight is 262 g/mol. The first-order valence-electron chi connectivity index (χ1n) is 5.85. The Balaban J connectivity index is 1.60. The minimum Gasteiger partial charge on any atom is -0.317 e. The van der Waals surface area contributed by atoms with E-state index in [4.69, 9.17) is 0 Å². The second-order valence-corrected chi connectivity index (χ2v) is 4.83. The van der Waals surface area contributed by atoms with Crippen molar-refractivity contribution in [3.05, 3.63) is 35.6 Å². The lowest BCUT2D eigenvalue weighted by Gasteiger charge is -2.03. The van der Waals surface area contributed by atoms with E-state index in [2.05, 4.69) is 27.4 Å². The van der Waals surface area contributed by atoms with Gasteiger partial charge in [-0.3, -0.25) is 4.40 Å². The van der Waals surface area contributed by atoms with Crippen LogP contribution in [0.3, 0.4) is 0 Å². The molecule has 0 aliphatic rings. The van der Waals surface area contributed by atoms with E-state index in [-0.39, 0.29) is 0 Å². The molecule has 3 aromatic rings. The van der Waals surface area contributed by atoms with Crippen LogP contribution < -0.4 is 5.32 Å². The summed E-state index contributed by atoms with van der Waals surface area (Å²) in [6.07, 6.45) is 5.82. The van der Waals surface area contributed by atoms with Crippen LogP contribution in [0.5, 0.6) is 0 Å². The van der Waals surface area contributed by atoms with Crippen molar-refractivity contribution in [3.8, 4) is 0 Å². The van der Waals surface area contributed by atoms with Gasteiger partial charge in [0, 0.05) is 30.9 Å². The minimum atomic E-state index is 0.707. The lowest BCUT2D eigenvalue weighted by Crippen LogP contribution is -2.16. The lowest BCUT2D eigenvalue weighted by molar-refractivity contribution is 0.608. The molecule has 0 spiro atoms. The average Bonchev–Trinajstić information content (AvgIpc) is 3.02. The Hall–Kier alpha value is -1.73. The van der Waals surface area contributed by atoms with Crippen LogP contribution in [0, 0.1) is 0 Å². The standard InChI is InChI=1S/C11H14N6S/c1-2-16-8-13-15-10(16)6-12-5-9-7-17-3-4-18-11(17)14-9/h3-4,7-8,12H,2,5-6H2,1H3. The highest BCUT2D eigenvalue weighted by Crippen LogP contribution is 2.11. The summed E-state index contributed by atoms with van der Waals surface area (Å²) < 4.78 is 4.06. The fraction of sp³-hybridized carbons (Fsp3) is 0.364. The SMILES string of the molecule is CCn1cnnc1CNCc1cn2ccsc2n1. The van der Waals surface area contributed by atoms with Gasteiger partial charge < -0.3 is 9.88 Å². The van der Waals surface area contributed by atoms with E-state index < -0.39 is 0 Å². The monoisotopic (exact) mass is 262 g/mol. The molecule has 1 N–H and O–H groups in total. The summed E-state index contributed by atoms with van der Waals surface area (Å²) in [7, 11) is 0. The molecule has 3 heterocycles. The summed E-state index contributed by atoms with van der Waals surface area (Å²) in [5, 5.41) is 13.3.